The highest BCUT2D eigenvalue weighted by Crippen LogP contribution is 2.31. The number of fused-ring (bicyclic) bond motifs is 1. The van der Waals surface area contributed by atoms with Gasteiger partial charge in [0.1, 0.15) is 11.3 Å². The van der Waals surface area contributed by atoms with Crippen LogP contribution in [-0.4, -0.2) is 37.6 Å². The van der Waals surface area contributed by atoms with Gasteiger partial charge in [-0.1, -0.05) is 6.07 Å². The van der Waals surface area contributed by atoms with Crippen LogP contribution in [0.3, 0.4) is 0 Å². The van der Waals surface area contributed by atoms with Gasteiger partial charge in [0.25, 0.3) is 0 Å². The predicted molar refractivity (Wildman–Crippen MR) is 126 cm³/mol. The molecule has 1 aliphatic heterocycles. The molecule has 4 heterocycles. The number of pyridine rings is 1. The highest BCUT2D eigenvalue weighted by atomic mass is 79.9. The monoisotopic (exact) mass is 513 g/mol. The van der Waals surface area contributed by atoms with Crippen LogP contribution in [-0.2, 0) is 13.1 Å². The van der Waals surface area contributed by atoms with E-state index in [1.165, 1.54) is 12.1 Å². The maximum Gasteiger partial charge on any atom is 0.225 e. The first kappa shape index (κ1) is 21.8. The van der Waals surface area contributed by atoms with E-state index in [2.05, 4.69) is 41.1 Å². The molecule has 10 heteroatoms. The number of aromatic nitrogens is 5. The lowest BCUT2D eigenvalue weighted by Crippen LogP contribution is -2.32. The van der Waals surface area contributed by atoms with Crippen molar-refractivity contribution in [1.29, 1.82) is 0 Å². The van der Waals surface area contributed by atoms with Crippen LogP contribution in [0.5, 0.6) is 0 Å². The maximum absolute atomic E-state index is 13.5. The lowest BCUT2D eigenvalue weighted by molar-refractivity contribution is 0.341. The normalized spacial score (nSPS) is 16.3. The van der Waals surface area contributed by atoms with Crippen molar-refractivity contribution in [2.24, 2.45) is 5.92 Å². The summed E-state index contributed by atoms with van der Waals surface area (Å²) in [5.74, 6) is -0.0822. The molecule has 170 valence electrons. The molecule has 7 nitrogen and oxygen atoms in total. The van der Waals surface area contributed by atoms with Gasteiger partial charge in [0.2, 0.25) is 5.95 Å². The van der Waals surface area contributed by atoms with Crippen molar-refractivity contribution in [2.75, 3.05) is 18.4 Å². The summed E-state index contributed by atoms with van der Waals surface area (Å²) in [6, 6.07) is 5.74. The SMILES string of the molecule is Fc1ccc(CNc2ncc3nc(-c4ccncc4Br)n(C[C@H]4CCCNC4)c3n2)cc1F. The van der Waals surface area contributed by atoms with E-state index in [0.717, 1.165) is 60.1 Å². The van der Waals surface area contributed by atoms with Gasteiger partial charge < -0.3 is 15.2 Å². The Bertz CT molecular complexity index is 1290. The first-order valence-corrected chi connectivity index (χ1v) is 11.6. The van der Waals surface area contributed by atoms with Gasteiger partial charge in [0.15, 0.2) is 17.3 Å². The van der Waals surface area contributed by atoms with E-state index >= 15 is 0 Å². The van der Waals surface area contributed by atoms with E-state index in [1.807, 2.05) is 6.07 Å². The topological polar surface area (TPSA) is 80.5 Å². The molecule has 0 amide bonds. The van der Waals surface area contributed by atoms with Crippen molar-refractivity contribution in [2.45, 2.75) is 25.9 Å². The number of piperidine rings is 1. The molecule has 1 aliphatic rings. The first-order chi connectivity index (χ1) is 16.1. The Morgan fingerprint density at radius 2 is 2.06 bits per heavy atom. The average molecular weight is 514 g/mol. The molecule has 4 aromatic rings. The summed E-state index contributed by atoms with van der Waals surface area (Å²) in [5, 5.41) is 6.58. The van der Waals surface area contributed by atoms with Crippen LogP contribution in [0.1, 0.15) is 18.4 Å². The Labute approximate surface area is 197 Å². The molecule has 1 aromatic carbocycles. The lowest BCUT2D eigenvalue weighted by Gasteiger charge is -2.24. The highest BCUT2D eigenvalue weighted by molar-refractivity contribution is 9.10. The fourth-order valence-electron chi connectivity index (χ4n) is 4.11. The fraction of sp³-hybridized carbons (Fsp3) is 0.304. The minimum atomic E-state index is -0.877. The molecule has 1 fully saturated rings. The summed E-state index contributed by atoms with van der Waals surface area (Å²) in [6.45, 7) is 3.03. The summed E-state index contributed by atoms with van der Waals surface area (Å²) in [7, 11) is 0. The Balaban J connectivity index is 1.50. The van der Waals surface area contributed by atoms with Crippen molar-refractivity contribution in [3.05, 3.63) is 64.5 Å². The summed E-state index contributed by atoms with van der Waals surface area (Å²) in [4.78, 5) is 18.1. The third-order valence-electron chi connectivity index (χ3n) is 5.78. The standard InChI is InChI=1S/C23H22BrF2N7/c24-17-11-28-7-5-16(17)21-31-20-12-30-23(29-10-14-3-4-18(25)19(26)8-14)32-22(20)33(21)13-15-2-1-6-27-9-15/h3-5,7-8,11-12,15,27H,1-2,6,9-10,13H2,(H,29,30,32)/t15-/m0/s1. The van der Waals surface area contributed by atoms with E-state index in [0.29, 0.717) is 22.9 Å². The zero-order valence-corrected chi connectivity index (χ0v) is 19.3. The van der Waals surface area contributed by atoms with Crippen molar-refractivity contribution in [3.63, 3.8) is 0 Å². The van der Waals surface area contributed by atoms with Crippen LogP contribution in [0, 0.1) is 17.6 Å². The van der Waals surface area contributed by atoms with Crippen molar-refractivity contribution in [1.82, 2.24) is 29.8 Å². The Morgan fingerprint density at radius 3 is 2.85 bits per heavy atom. The number of anilines is 1. The van der Waals surface area contributed by atoms with Crippen LogP contribution in [0.15, 0.2) is 47.3 Å². The molecule has 0 unspecified atom stereocenters. The van der Waals surface area contributed by atoms with Gasteiger partial charge in [0, 0.05) is 35.5 Å². The van der Waals surface area contributed by atoms with E-state index in [4.69, 9.17) is 9.97 Å². The Hall–Kier alpha value is -2.98. The van der Waals surface area contributed by atoms with Gasteiger partial charge >= 0.3 is 0 Å². The molecule has 1 atom stereocenters. The Morgan fingerprint density at radius 1 is 1.15 bits per heavy atom. The van der Waals surface area contributed by atoms with Crippen LogP contribution < -0.4 is 10.6 Å². The number of halogens is 3. The van der Waals surface area contributed by atoms with Gasteiger partial charge in [-0.05, 0) is 71.5 Å². The van der Waals surface area contributed by atoms with Crippen molar-refractivity contribution < 1.29 is 8.78 Å². The molecule has 2 N–H and O–H groups in total. The number of nitrogens with zero attached hydrogens (tertiary/aromatic N) is 5. The van der Waals surface area contributed by atoms with E-state index in [-0.39, 0.29) is 6.54 Å². The van der Waals surface area contributed by atoms with Crippen LogP contribution in [0.4, 0.5) is 14.7 Å². The summed E-state index contributed by atoms with van der Waals surface area (Å²) < 4.78 is 29.7. The van der Waals surface area contributed by atoms with Gasteiger partial charge in [0.05, 0.1) is 6.20 Å². The molecule has 0 bridgehead atoms. The van der Waals surface area contributed by atoms with Crippen LogP contribution in [0.2, 0.25) is 0 Å². The minimum Gasteiger partial charge on any atom is -0.350 e. The number of rotatable bonds is 6. The zero-order chi connectivity index (χ0) is 22.8. The van der Waals surface area contributed by atoms with Gasteiger partial charge in [-0.3, -0.25) is 4.98 Å². The minimum absolute atomic E-state index is 0.270. The molecule has 0 saturated carbocycles. The highest BCUT2D eigenvalue weighted by Gasteiger charge is 2.21. The molecule has 1 saturated heterocycles. The largest absolute Gasteiger partial charge is 0.350 e. The second-order valence-corrected chi connectivity index (χ2v) is 8.97. The third-order valence-corrected chi connectivity index (χ3v) is 6.41. The Kier molecular flexibility index (Phi) is 6.28. The van der Waals surface area contributed by atoms with Crippen LogP contribution in [0.25, 0.3) is 22.6 Å². The van der Waals surface area contributed by atoms with Gasteiger partial charge in [-0.25, -0.2) is 18.7 Å². The maximum atomic E-state index is 13.5. The number of imidazole rings is 1. The summed E-state index contributed by atoms with van der Waals surface area (Å²) >= 11 is 3.59. The quantitative estimate of drug-likeness (QED) is 0.394. The predicted octanol–water partition coefficient (Wildman–Crippen LogP) is 4.54. The van der Waals surface area contributed by atoms with Crippen molar-refractivity contribution in [3.8, 4) is 11.4 Å². The van der Waals surface area contributed by atoms with E-state index < -0.39 is 11.6 Å². The number of hydrogen-bond acceptors (Lipinski definition) is 6. The molecule has 5 rings (SSSR count). The summed E-state index contributed by atoms with van der Waals surface area (Å²) in [6.07, 6.45) is 7.45. The zero-order valence-electron chi connectivity index (χ0n) is 17.7. The lowest BCUT2D eigenvalue weighted by atomic mass is 9.99. The third kappa shape index (κ3) is 4.72. The molecular weight excluding hydrogens is 492 g/mol. The molecular formula is C23H22BrF2N7. The first-order valence-electron chi connectivity index (χ1n) is 10.8. The van der Waals surface area contributed by atoms with E-state index in [1.54, 1.807) is 18.6 Å². The molecule has 0 spiro atoms. The van der Waals surface area contributed by atoms with Crippen LogP contribution >= 0.6 is 15.9 Å². The second kappa shape index (κ2) is 9.48. The van der Waals surface area contributed by atoms with Crippen molar-refractivity contribution >= 4 is 33.0 Å². The molecule has 0 radical (unpaired) electrons. The van der Waals surface area contributed by atoms with E-state index in [9.17, 15) is 8.78 Å². The average Bonchev–Trinajstić information content (AvgIpc) is 3.18. The molecule has 3 aromatic heterocycles. The molecule has 33 heavy (non-hydrogen) atoms. The number of hydrogen-bond donors (Lipinski definition) is 2. The number of nitrogens with one attached hydrogen (secondary N) is 2. The second-order valence-electron chi connectivity index (χ2n) is 8.12. The smallest absolute Gasteiger partial charge is 0.225 e. The number of benzene rings is 1. The molecule has 0 aliphatic carbocycles. The fourth-order valence-corrected chi connectivity index (χ4v) is 4.54. The summed E-state index contributed by atoms with van der Waals surface area (Å²) in [5.41, 5.74) is 2.95. The van der Waals surface area contributed by atoms with Gasteiger partial charge in [-0.15, -0.1) is 0 Å². The van der Waals surface area contributed by atoms with Gasteiger partial charge in [-0.2, -0.15) is 4.98 Å².